The van der Waals surface area contributed by atoms with Gasteiger partial charge in [-0.05, 0) is 43.2 Å². The Balaban J connectivity index is 2.39. The third-order valence-corrected chi connectivity index (χ3v) is 4.13. The highest BCUT2D eigenvalue weighted by molar-refractivity contribution is 7.12. The zero-order chi connectivity index (χ0) is 13.3. The Labute approximate surface area is 110 Å². The molecule has 0 aliphatic carbocycles. The Bertz CT molecular complexity index is 565. The van der Waals surface area contributed by atoms with Crippen molar-refractivity contribution in [1.29, 1.82) is 0 Å². The number of nitrogens with two attached hydrogens (primary N) is 1. The van der Waals surface area contributed by atoms with Crippen molar-refractivity contribution >= 4 is 11.3 Å². The normalized spacial score (nSPS) is 12.5. The van der Waals surface area contributed by atoms with Gasteiger partial charge in [-0.3, -0.25) is 0 Å². The monoisotopic (exact) mass is 265 g/mol. The molecule has 1 unspecified atom stereocenters. The van der Waals surface area contributed by atoms with E-state index in [1.54, 1.807) is 23.5 Å². The predicted octanol–water partition coefficient (Wildman–Crippen LogP) is 3.56. The second-order valence-corrected chi connectivity index (χ2v) is 5.56. The number of ether oxygens (including phenoxy) is 1. The molecule has 2 nitrogen and oxygen atoms in total. The van der Waals surface area contributed by atoms with E-state index in [0.717, 1.165) is 10.4 Å². The van der Waals surface area contributed by atoms with Crippen LogP contribution in [0.1, 0.15) is 26.9 Å². The minimum Gasteiger partial charge on any atom is -0.494 e. The van der Waals surface area contributed by atoms with Crippen molar-refractivity contribution in [1.82, 2.24) is 0 Å². The van der Waals surface area contributed by atoms with Crippen LogP contribution in [0.25, 0.3) is 0 Å². The van der Waals surface area contributed by atoms with Crippen molar-refractivity contribution < 1.29 is 9.13 Å². The van der Waals surface area contributed by atoms with Crippen LogP contribution in [0.3, 0.4) is 0 Å². The van der Waals surface area contributed by atoms with Gasteiger partial charge in [-0.1, -0.05) is 6.07 Å². The van der Waals surface area contributed by atoms with E-state index >= 15 is 0 Å². The van der Waals surface area contributed by atoms with Crippen molar-refractivity contribution in [2.45, 2.75) is 19.9 Å². The molecular formula is C14H16FNOS. The molecule has 1 aromatic heterocycles. The fraction of sp³-hybridized carbons (Fsp3) is 0.286. The number of halogens is 1. The largest absolute Gasteiger partial charge is 0.494 e. The van der Waals surface area contributed by atoms with Crippen LogP contribution in [0.4, 0.5) is 4.39 Å². The van der Waals surface area contributed by atoms with Crippen LogP contribution in [-0.2, 0) is 0 Å². The molecule has 2 aromatic rings. The number of hydrogen-bond donors (Lipinski definition) is 1. The van der Waals surface area contributed by atoms with Crippen LogP contribution in [-0.4, -0.2) is 7.11 Å². The molecule has 1 atom stereocenters. The third-order valence-electron chi connectivity index (χ3n) is 2.90. The van der Waals surface area contributed by atoms with E-state index in [1.807, 2.05) is 6.92 Å². The molecule has 4 heteroatoms. The van der Waals surface area contributed by atoms with E-state index in [1.165, 1.54) is 23.6 Å². The highest BCUT2D eigenvalue weighted by atomic mass is 32.1. The second-order valence-electron chi connectivity index (χ2n) is 4.28. The van der Waals surface area contributed by atoms with Gasteiger partial charge < -0.3 is 10.5 Å². The second kappa shape index (κ2) is 5.08. The van der Waals surface area contributed by atoms with E-state index in [4.69, 9.17) is 10.5 Å². The van der Waals surface area contributed by atoms with Gasteiger partial charge in [0.1, 0.15) is 0 Å². The smallest absolute Gasteiger partial charge is 0.165 e. The standard InChI is InChI=1S/C14H16FNOS/c1-8-6-9(2)18-14(8)13(16)10-4-5-11(15)12(7-10)17-3/h4-7,13H,16H2,1-3H3. The lowest BCUT2D eigenvalue weighted by Gasteiger charge is -2.13. The number of hydrogen-bond acceptors (Lipinski definition) is 3. The fourth-order valence-electron chi connectivity index (χ4n) is 1.99. The Kier molecular flexibility index (Phi) is 3.68. The summed E-state index contributed by atoms with van der Waals surface area (Å²) in [5.41, 5.74) is 8.27. The molecule has 2 rings (SSSR count). The number of rotatable bonds is 3. The van der Waals surface area contributed by atoms with Crippen LogP contribution in [0.15, 0.2) is 24.3 Å². The number of aryl methyl sites for hydroxylation is 2. The molecule has 18 heavy (non-hydrogen) atoms. The van der Waals surface area contributed by atoms with Gasteiger partial charge in [0.15, 0.2) is 11.6 Å². The van der Waals surface area contributed by atoms with E-state index in [-0.39, 0.29) is 17.6 Å². The summed E-state index contributed by atoms with van der Waals surface area (Å²) in [6.07, 6.45) is 0. The highest BCUT2D eigenvalue weighted by Gasteiger charge is 2.16. The Morgan fingerprint density at radius 1 is 1.28 bits per heavy atom. The average molecular weight is 265 g/mol. The van der Waals surface area contributed by atoms with Crippen LogP contribution in [0.2, 0.25) is 0 Å². The molecule has 0 saturated carbocycles. The Morgan fingerprint density at radius 3 is 2.56 bits per heavy atom. The molecule has 0 bridgehead atoms. The lowest BCUT2D eigenvalue weighted by molar-refractivity contribution is 0.385. The summed E-state index contributed by atoms with van der Waals surface area (Å²) in [6, 6.07) is 6.63. The van der Waals surface area contributed by atoms with Gasteiger partial charge in [-0.2, -0.15) is 0 Å². The average Bonchev–Trinajstić information content (AvgIpc) is 2.68. The maximum Gasteiger partial charge on any atom is 0.165 e. The zero-order valence-electron chi connectivity index (χ0n) is 10.7. The fourth-order valence-corrected chi connectivity index (χ4v) is 3.05. The summed E-state index contributed by atoms with van der Waals surface area (Å²) in [4.78, 5) is 2.34. The zero-order valence-corrected chi connectivity index (χ0v) is 11.5. The van der Waals surface area contributed by atoms with E-state index in [0.29, 0.717) is 0 Å². The van der Waals surface area contributed by atoms with Gasteiger partial charge in [0.25, 0.3) is 0 Å². The van der Waals surface area contributed by atoms with Crippen molar-refractivity contribution in [3.8, 4) is 5.75 Å². The van der Waals surface area contributed by atoms with Gasteiger partial charge in [0.2, 0.25) is 0 Å². The summed E-state index contributed by atoms with van der Waals surface area (Å²) in [7, 11) is 1.45. The van der Waals surface area contributed by atoms with Gasteiger partial charge in [0, 0.05) is 9.75 Å². The summed E-state index contributed by atoms with van der Waals surface area (Å²) in [6.45, 7) is 4.10. The molecule has 0 spiro atoms. The molecule has 0 saturated heterocycles. The van der Waals surface area contributed by atoms with Crippen molar-refractivity contribution in [3.63, 3.8) is 0 Å². The first-order chi connectivity index (χ1) is 8.52. The minimum atomic E-state index is -0.368. The molecule has 0 amide bonds. The predicted molar refractivity (Wildman–Crippen MR) is 72.8 cm³/mol. The van der Waals surface area contributed by atoms with Gasteiger partial charge in [-0.25, -0.2) is 4.39 Å². The molecule has 0 radical (unpaired) electrons. The molecule has 1 aromatic carbocycles. The molecule has 0 aliphatic rings. The molecular weight excluding hydrogens is 249 g/mol. The molecule has 0 fully saturated rings. The summed E-state index contributed by atoms with van der Waals surface area (Å²) < 4.78 is 18.3. The summed E-state index contributed by atoms with van der Waals surface area (Å²) in [5.74, 6) is -0.138. The van der Waals surface area contributed by atoms with E-state index < -0.39 is 0 Å². The van der Waals surface area contributed by atoms with Gasteiger partial charge in [-0.15, -0.1) is 11.3 Å². The van der Waals surface area contributed by atoms with Crippen molar-refractivity contribution in [2.75, 3.05) is 7.11 Å². The number of benzene rings is 1. The first-order valence-electron chi connectivity index (χ1n) is 5.69. The lowest BCUT2D eigenvalue weighted by atomic mass is 10.0. The van der Waals surface area contributed by atoms with Crippen LogP contribution in [0, 0.1) is 19.7 Å². The topological polar surface area (TPSA) is 35.2 Å². The van der Waals surface area contributed by atoms with E-state index in [9.17, 15) is 4.39 Å². The lowest BCUT2D eigenvalue weighted by Crippen LogP contribution is -2.11. The highest BCUT2D eigenvalue weighted by Crippen LogP contribution is 2.32. The molecule has 96 valence electrons. The van der Waals surface area contributed by atoms with E-state index in [2.05, 4.69) is 13.0 Å². The number of methoxy groups -OCH3 is 1. The first-order valence-corrected chi connectivity index (χ1v) is 6.50. The number of thiophene rings is 1. The maximum atomic E-state index is 13.4. The maximum absolute atomic E-state index is 13.4. The van der Waals surface area contributed by atoms with Crippen molar-refractivity contribution in [2.24, 2.45) is 5.73 Å². The SMILES string of the molecule is COc1cc(C(N)c2sc(C)cc2C)ccc1F. The molecule has 2 N–H and O–H groups in total. The third kappa shape index (κ3) is 2.40. The summed E-state index contributed by atoms with van der Waals surface area (Å²) in [5, 5.41) is 0. The quantitative estimate of drug-likeness (QED) is 0.921. The molecule has 0 aliphatic heterocycles. The van der Waals surface area contributed by atoms with Crippen LogP contribution < -0.4 is 10.5 Å². The first kappa shape index (κ1) is 13.1. The minimum absolute atomic E-state index is 0.230. The Hall–Kier alpha value is -1.39. The molecule has 1 heterocycles. The summed E-state index contributed by atoms with van der Waals surface area (Å²) >= 11 is 1.68. The van der Waals surface area contributed by atoms with Crippen LogP contribution in [0.5, 0.6) is 5.75 Å². The van der Waals surface area contributed by atoms with Gasteiger partial charge in [0.05, 0.1) is 13.2 Å². The van der Waals surface area contributed by atoms with Crippen molar-refractivity contribution in [3.05, 3.63) is 51.0 Å². The van der Waals surface area contributed by atoms with Crippen LogP contribution >= 0.6 is 11.3 Å². The van der Waals surface area contributed by atoms with Gasteiger partial charge >= 0.3 is 0 Å². The Morgan fingerprint density at radius 2 is 2.00 bits per heavy atom.